The average Bonchev–Trinajstić information content (AvgIpc) is 2.48. The molecule has 0 spiro atoms. The van der Waals surface area contributed by atoms with Crippen LogP contribution in [0.1, 0.15) is 12.5 Å². The Morgan fingerprint density at radius 2 is 2.38 bits per heavy atom. The van der Waals surface area contributed by atoms with Crippen LogP contribution in [0.25, 0.3) is 0 Å². The second-order valence-electron chi connectivity index (χ2n) is 5.09. The summed E-state index contributed by atoms with van der Waals surface area (Å²) in [4.78, 5) is 14.2. The molecule has 1 heterocycles. The summed E-state index contributed by atoms with van der Waals surface area (Å²) in [7, 11) is 1.52. The minimum Gasteiger partial charge on any atom is -0.504 e. The van der Waals surface area contributed by atoms with Crippen LogP contribution in [0, 0.1) is 0 Å². The molecule has 1 saturated heterocycles. The molecule has 0 aliphatic carbocycles. The Bertz CT molecular complexity index is 493. The van der Waals surface area contributed by atoms with E-state index >= 15 is 0 Å². The summed E-state index contributed by atoms with van der Waals surface area (Å²) in [6.07, 6.45) is 0. The third-order valence-electron chi connectivity index (χ3n) is 3.64. The largest absolute Gasteiger partial charge is 0.504 e. The van der Waals surface area contributed by atoms with Gasteiger partial charge in [-0.05, 0) is 24.6 Å². The minimum atomic E-state index is -0.178. The number of piperazine rings is 1. The van der Waals surface area contributed by atoms with Gasteiger partial charge in [-0.3, -0.25) is 9.69 Å². The number of ether oxygens (including phenoxy) is 1. The van der Waals surface area contributed by atoms with Crippen molar-refractivity contribution in [2.45, 2.75) is 19.5 Å². The highest BCUT2D eigenvalue weighted by molar-refractivity contribution is 5.82. The number of phenolic OH excluding ortho intramolecular Hbond substituents is 1. The summed E-state index contributed by atoms with van der Waals surface area (Å²) >= 11 is 0. The van der Waals surface area contributed by atoms with Gasteiger partial charge in [-0.2, -0.15) is 0 Å². The molecular weight excluding hydrogens is 270 g/mol. The molecule has 1 aromatic carbocycles. The molecule has 1 aliphatic rings. The number of hydrogen-bond donors (Lipinski definition) is 3. The molecule has 1 amide bonds. The summed E-state index contributed by atoms with van der Waals surface area (Å²) in [6.45, 7) is 5.48. The van der Waals surface area contributed by atoms with Gasteiger partial charge >= 0.3 is 0 Å². The SMILES string of the molecule is CCNC(=O)C1CNCCN1Cc1ccc(OC)c(O)c1. The van der Waals surface area contributed by atoms with Crippen LogP contribution >= 0.6 is 0 Å². The molecule has 1 fully saturated rings. The monoisotopic (exact) mass is 293 g/mol. The Morgan fingerprint density at radius 1 is 1.57 bits per heavy atom. The van der Waals surface area contributed by atoms with Gasteiger partial charge in [0.2, 0.25) is 5.91 Å². The first-order valence-electron chi connectivity index (χ1n) is 7.24. The molecule has 1 aromatic rings. The van der Waals surface area contributed by atoms with Crippen molar-refractivity contribution in [3.05, 3.63) is 23.8 Å². The lowest BCUT2D eigenvalue weighted by Crippen LogP contribution is -2.57. The molecule has 1 unspecified atom stereocenters. The zero-order chi connectivity index (χ0) is 15.2. The third-order valence-corrected chi connectivity index (χ3v) is 3.64. The number of phenols is 1. The first-order valence-corrected chi connectivity index (χ1v) is 7.24. The number of methoxy groups -OCH3 is 1. The van der Waals surface area contributed by atoms with E-state index < -0.39 is 0 Å². The van der Waals surface area contributed by atoms with Gasteiger partial charge in [0, 0.05) is 32.7 Å². The third kappa shape index (κ3) is 3.86. The lowest BCUT2D eigenvalue weighted by molar-refractivity contribution is -0.127. The molecule has 6 nitrogen and oxygen atoms in total. The van der Waals surface area contributed by atoms with Gasteiger partial charge in [0.25, 0.3) is 0 Å². The van der Waals surface area contributed by atoms with Gasteiger partial charge < -0.3 is 20.5 Å². The number of carbonyl (C=O) groups is 1. The van der Waals surface area contributed by atoms with Crippen molar-refractivity contribution in [3.63, 3.8) is 0 Å². The molecule has 0 aromatic heterocycles. The van der Waals surface area contributed by atoms with E-state index in [1.807, 2.05) is 13.0 Å². The molecule has 6 heteroatoms. The van der Waals surface area contributed by atoms with Crippen molar-refractivity contribution < 1.29 is 14.6 Å². The maximum atomic E-state index is 12.1. The average molecular weight is 293 g/mol. The lowest BCUT2D eigenvalue weighted by atomic mass is 10.1. The minimum absolute atomic E-state index is 0.0439. The highest BCUT2D eigenvalue weighted by atomic mass is 16.5. The topological polar surface area (TPSA) is 73.8 Å². The fraction of sp³-hybridized carbons (Fsp3) is 0.533. The highest BCUT2D eigenvalue weighted by Crippen LogP contribution is 2.27. The quantitative estimate of drug-likeness (QED) is 0.729. The summed E-state index contributed by atoms with van der Waals surface area (Å²) in [5, 5.41) is 16.0. The standard InChI is InChI=1S/C15H23N3O3/c1-3-17-15(20)12-9-16-6-7-18(12)10-11-4-5-14(21-2)13(19)8-11/h4-5,8,12,16,19H,3,6-7,9-10H2,1-2H3,(H,17,20). The number of hydrogen-bond acceptors (Lipinski definition) is 5. The van der Waals surface area contributed by atoms with Gasteiger partial charge in [0.05, 0.1) is 7.11 Å². The molecule has 3 N–H and O–H groups in total. The summed E-state index contributed by atoms with van der Waals surface area (Å²) in [5.41, 5.74) is 0.962. The van der Waals surface area contributed by atoms with Crippen LogP contribution in [0.3, 0.4) is 0 Å². The van der Waals surface area contributed by atoms with Crippen molar-refractivity contribution >= 4 is 5.91 Å². The normalized spacial score (nSPS) is 19.2. The van der Waals surface area contributed by atoms with E-state index in [1.54, 1.807) is 12.1 Å². The number of aromatic hydroxyl groups is 1. The van der Waals surface area contributed by atoms with Crippen LogP contribution < -0.4 is 15.4 Å². The number of benzene rings is 1. The van der Waals surface area contributed by atoms with E-state index in [4.69, 9.17) is 4.74 Å². The predicted octanol–water partition coefficient (Wildman–Crippen LogP) is 0.311. The molecule has 0 radical (unpaired) electrons. The van der Waals surface area contributed by atoms with Gasteiger partial charge in [-0.25, -0.2) is 0 Å². The van der Waals surface area contributed by atoms with E-state index in [1.165, 1.54) is 7.11 Å². The number of rotatable bonds is 5. The Labute approximate surface area is 125 Å². The van der Waals surface area contributed by atoms with Crippen molar-refractivity contribution in [3.8, 4) is 11.5 Å². The molecule has 116 valence electrons. The highest BCUT2D eigenvalue weighted by Gasteiger charge is 2.28. The Morgan fingerprint density at radius 3 is 3.05 bits per heavy atom. The molecule has 2 rings (SSSR count). The zero-order valence-corrected chi connectivity index (χ0v) is 12.6. The summed E-state index contributed by atoms with van der Waals surface area (Å²) in [6, 6.07) is 5.17. The van der Waals surface area contributed by atoms with Crippen molar-refractivity contribution in [2.75, 3.05) is 33.3 Å². The van der Waals surface area contributed by atoms with E-state index in [-0.39, 0.29) is 17.7 Å². The van der Waals surface area contributed by atoms with E-state index in [0.29, 0.717) is 25.4 Å². The predicted molar refractivity (Wildman–Crippen MR) is 80.4 cm³/mol. The van der Waals surface area contributed by atoms with Crippen LogP contribution in [-0.2, 0) is 11.3 Å². The lowest BCUT2D eigenvalue weighted by Gasteiger charge is -2.35. The van der Waals surface area contributed by atoms with Gasteiger partial charge in [-0.1, -0.05) is 6.07 Å². The number of amides is 1. The van der Waals surface area contributed by atoms with E-state index in [0.717, 1.165) is 18.7 Å². The van der Waals surface area contributed by atoms with E-state index in [2.05, 4.69) is 15.5 Å². The second-order valence-corrected chi connectivity index (χ2v) is 5.09. The zero-order valence-electron chi connectivity index (χ0n) is 12.6. The fourth-order valence-corrected chi connectivity index (χ4v) is 2.55. The maximum absolute atomic E-state index is 12.1. The van der Waals surface area contributed by atoms with Crippen LogP contribution in [0.15, 0.2) is 18.2 Å². The van der Waals surface area contributed by atoms with E-state index in [9.17, 15) is 9.90 Å². The van der Waals surface area contributed by atoms with Gasteiger partial charge in [0.15, 0.2) is 11.5 Å². The fourth-order valence-electron chi connectivity index (χ4n) is 2.55. The van der Waals surface area contributed by atoms with Gasteiger partial charge in [0.1, 0.15) is 6.04 Å². The Kier molecular flexibility index (Phi) is 5.41. The Balaban J connectivity index is 2.08. The summed E-state index contributed by atoms with van der Waals surface area (Å²) < 4.78 is 5.04. The molecular formula is C15H23N3O3. The molecule has 0 bridgehead atoms. The molecule has 21 heavy (non-hydrogen) atoms. The summed E-state index contributed by atoms with van der Waals surface area (Å²) in [5.74, 6) is 0.626. The van der Waals surface area contributed by atoms with Crippen LogP contribution in [0.4, 0.5) is 0 Å². The van der Waals surface area contributed by atoms with Crippen molar-refractivity contribution in [2.24, 2.45) is 0 Å². The van der Waals surface area contributed by atoms with Crippen LogP contribution in [0.2, 0.25) is 0 Å². The molecule has 1 atom stereocenters. The maximum Gasteiger partial charge on any atom is 0.238 e. The van der Waals surface area contributed by atoms with Gasteiger partial charge in [-0.15, -0.1) is 0 Å². The number of carbonyl (C=O) groups excluding carboxylic acids is 1. The van der Waals surface area contributed by atoms with Crippen molar-refractivity contribution in [1.82, 2.24) is 15.5 Å². The second kappa shape index (κ2) is 7.28. The van der Waals surface area contributed by atoms with Crippen LogP contribution in [-0.4, -0.2) is 55.2 Å². The number of nitrogens with zero attached hydrogens (tertiary/aromatic N) is 1. The van der Waals surface area contributed by atoms with Crippen LogP contribution in [0.5, 0.6) is 11.5 Å². The number of nitrogens with one attached hydrogen (secondary N) is 2. The Hall–Kier alpha value is -1.79. The number of likely N-dealkylation sites (N-methyl/N-ethyl adjacent to an activating group) is 1. The van der Waals surface area contributed by atoms with Crippen molar-refractivity contribution in [1.29, 1.82) is 0 Å². The first kappa shape index (κ1) is 15.6. The first-order chi connectivity index (χ1) is 10.2. The smallest absolute Gasteiger partial charge is 0.238 e. The molecule has 1 aliphatic heterocycles. The molecule has 0 saturated carbocycles.